The Morgan fingerprint density at radius 1 is 1.07 bits per heavy atom. The maximum Gasteiger partial charge on any atom is 0.191 e. The molecule has 2 aliphatic heterocycles. The molecule has 2 fully saturated rings. The zero-order chi connectivity index (χ0) is 20.6. The second kappa shape index (κ2) is 10.7. The highest BCUT2D eigenvalue weighted by Gasteiger charge is 2.20. The van der Waals surface area contributed by atoms with Crippen molar-refractivity contribution >= 4 is 28.0 Å². The summed E-state index contributed by atoms with van der Waals surface area (Å²) >= 11 is 1.83. The largest absolute Gasteiger partial charge is 0.378 e. The summed E-state index contributed by atoms with van der Waals surface area (Å²) in [5.41, 5.74) is 2.50. The fourth-order valence-corrected chi connectivity index (χ4v) is 4.80. The first-order valence-electron chi connectivity index (χ1n) is 11.1. The Morgan fingerprint density at radius 3 is 2.50 bits per heavy atom. The van der Waals surface area contributed by atoms with Crippen LogP contribution in [0.4, 0.5) is 10.7 Å². The fourth-order valence-electron chi connectivity index (χ4n) is 4.01. The number of hydrogen-bond acceptors (Lipinski definition) is 5. The number of ether oxygens (including phenoxy) is 1. The first-order chi connectivity index (χ1) is 14.8. The van der Waals surface area contributed by atoms with Gasteiger partial charge < -0.3 is 25.2 Å². The third-order valence-electron chi connectivity index (χ3n) is 5.73. The number of hydrogen-bond donors (Lipinski definition) is 2. The van der Waals surface area contributed by atoms with Gasteiger partial charge in [0.25, 0.3) is 0 Å². The van der Waals surface area contributed by atoms with Gasteiger partial charge in [-0.25, -0.2) is 4.99 Å². The summed E-state index contributed by atoms with van der Waals surface area (Å²) in [7, 11) is 0. The van der Waals surface area contributed by atoms with Gasteiger partial charge in [0.15, 0.2) is 5.96 Å². The van der Waals surface area contributed by atoms with Crippen LogP contribution in [0.5, 0.6) is 0 Å². The smallest absolute Gasteiger partial charge is 0.191 e. The number of guanidine groups is 1. The van der Waals surface area contributed by atoms with E-state index in [0.29, 0.717) is 12.6 Å². The lowest BCUT2D eigenvalue weighted by Gasteiger charge is -2.33. The highest BCUT2D eigenvalue weighted by Crippen LogP contribution is 2.24. The molecule has 0 radical (unpaired) electrons. The zero-order valence-electron chi connectivity index (χ0n) is 17.8. The molecule has 2 aromatic rings. The van der Waals surface area contributed by atoms with Gasteiger partial charge in [-0.05, 0) is 55.0 Å². The summed E-state index contributed by atoms with van der Waals surface area (Å²) in [6.07, 6.45) is 2.27. The van der Waals surface area contributed by atoms with Crippen LogP contribution in [-0.2, 0) is 11.3 Å². The molecule has 1 aromatic carbocycles. The van der Waals surface area contributed by atoms with E-state index in [2.05, 4.69) is 69.1 Å². The standard InChI is InChI=1S/C23H33N5OS/c1-2-24-23(26-20-9-11-28(12-10-20)22-4-3-17-30-22)25-18-19-5-7-21(8-6-19)27-13-15-29-16-14-27/h3-8,17,20H,2,9-16,18H2,1H3,(H2,24,25,26). The van der Waals surface area contributed by atoms with Crippen molar-refractivity contribution in [2.45, 2.75) is 32.4 Å². The number of piperidine rings is 1. The molecule has 0 amide bonds. The van der Waals surface area contributed by atoms with Crippen LogP contribution >= 0.6 is 11.3 Å². The van der Waals surface area contributed by atoms with Crippen molar-refractivity contribution in [2.75, 3.05) is 55.7 Å². The molecule has 3 heterocycles. The Labute approximate surface area is 183 Å². The first-order valence-corrected chi connectivity index (χ1v) is 11.9. The maximum absolute atomic E-state index is 5.44. The average Bonchev–Trinajstić information content (AvgIpc) is 3.34. The Morgan fingerprint density at radius 2 is 1.83 bits per heavy atom. The van der Waals surface area contributed by atoms with Gasteiger partial charge in [0, 0.05) is 44.5 Å². The Kier molecular flexibility index (Phi) is 7.48. The van der Waals surface area contributed by atoms with Crippen LogP contribution < -0.4 is 20.4 Å². The van der Waals surface area contributed by atoms with Gasteiger partial charge in [-0.3, -0.25) is 0 Å². The molecule has 2 saturated heterocycles. The van der Waals surface area contributed by atoms with Crippen molar-refractivity contribution < 1.29 is 4.74 Å². The highest BCUT2D eigenvalue weighted by molar-refractivity contribution is 7.14. The predicted octanol–water partition coefficient (Wildman–Crippen LogP) is 3.31. The zero-order valence-corrected chi connectivity index (χ0v) is 18.7. The number of nitrogens with zero attached hydrogens (tertiary/aromatic N) is 3. The predicted molar refractivity (Wildman–Crippen MR) is 127 cm³/mol. The van der Waals surface area contributed by atoms with E-state index in [-0.39, 0.29) is 0 Å². The minimum Gasteiger partial charge on any atom is -0.378 e. The Bertz CT molecular complexity index is 778. The van der Waals surface area contributed by atoms with Gasteiger partial charge in [0.1, 0.15) is 0 Å². The molecule has 0 saturated carbocycles. The molecule has 6 nitrogen and oxygen atoms in total. The van der Waals surface area contributed by atoms with E-state index < -0.39 is 0 Å². The number of anilines is 2. The molecule has 30 heavy (non-hydrogen) atoms. The first kappa shape index (κ1) is 21.0. The monoisotopic (exact) mass is 427 g/mol. The van der Waals surface area contributed by atoms with Crippen LogP contribution in [0.15, 0.2) is 46.8 Å². The van der Waals surface area contributed by atoms with Gasteiger partial charge in [-0.1, -0.05) is 12.1 Å². The molecule has 0 bridgehead atoms. The minimum absolute atomic E-state index is 0.475. The van der Waals surface area contributed by atoms with Gasteiger partial charge in [0.05, 0.1) is 24.8 Å². The molecule has 2 aliphatic rings. The van der Waals surface area contributed by atoms with E-state index in [9.17, 15) is 0 Å². The fraction of sp³-hybridized carbons (Fsp3) is 0.522. The van der Waals surface area contributed by atoms with E-state index in [1.54, 1.807) is 0 Å². The summed E-state index contributed by atoms with van der Waals surface area (Å²) in [4.78, 5) is 9.71. The van der Waals surface area contributed by atoms with Gasteiger partial charge in [-0.15, -0.1) is 11.3 Å². The number of thiophene rings is 1. The Balaban J connectivity index is 1.29. The summed E-state index contributed by atoms with van der Waals surface area (Å²) in [6.45, 7) is 9.44. The van der Waals surface area contributed by atoms with Crippen LogP contribution in [0.3, 0.4) is 0 Å². The lowest BCUT2D eigenvalue weighted by Crippen LogP contribution is -2.48. The maximum atomic E-state index is 5.44. The van der Waals surface area contributed by atoms with E-state index in [4.69, 9.17) is 9.73 Å². The number of benzene rings is 1. The van der Waals surface area contributed by atoms with E-state index >= 15 is 0 Å². The van der Waals surface area contributed by atoms with Crippen molar-refractivity contribution in [3.8, 4) is 0 Å². The van der Waals surface area contributed by atoms with E-state index in [1.807, 2.05) is 11.3 Å². The van der Waals surface area contributed by atoms with Crippen LogP contribution in [0.2, 0.25) is 0 Å². The second-order valence-corrected chi connectivity index (χ2v) is 8.74. The van der Waals surface area contributed by atoms with Gasteiger partial charge in [-0.2, -0.15) is 0 Å². The van der Waals surface area contributed by atoms with Crippen molar-refractivity contribution in [1.29, 1.82) is 0 Å². The number of aliphatic imine (C=N–C) groups is 1. The molecular weight excluding hydrogens is 394 g/mol. The van der Waals surface area contributed by atoms with Crippen LogP contribution in [-0.4, -0.2) is 57.9 Å². The SMILES string of the molecule is CCNC(=NCc1ccc(N2CCOCC2)cc1)NC1CCN(c2cccs2)CC1. The van der Waals surface area contributed by atoms with Crippen molar-refractivity contribution in [2.24, 2.45) is 4.99 Å². The van der Waals surface area contributed by atoms with Crippen LogP contribution in [0, 0.1) is 0 Å². The van der Waals surface area contributed by atoms with Crippen molar-refractivity contribution in [3.63, 3.8) is 0 Å². The Hall–Kier alpha value is -2.25. The minimum atomic E-state index is 0.475. The summed E-state index contributed by atoms with van der Waals surface area (Å²) in [5.74, 6) is 0.921. The molecular formula is C23H33N5OS. The van der Waals surface area contributed by atoms with Crippen LogP contribution in [0.25, 0.3) is 0 Å². The van der Waals surface area contributed by atoms with E-state index in [1.165, 1.54) is 16.3 Å². The topological polar surface area (TPSA) is 52.1 Å². The molecule has 162 valence electrons. The molecule has 0 unspecified atom stereocenters. The summed E-state index contributed by atoms with van der Waals surface area (Å²) in [6, 6.07) is 13.6. The quantitative estimate of drug-likeness (QED) is 0.547. The average molecular weight is 428 g/mol. The molecule has 0 atom stereocenters. The van der Waals surface area contributed by atoms with Crippen molar-refractivity contribution in [1.82, 2.24) is 10.6 Å². The van der Waals surface area contributed by atoms with Gasteiger partial charge >= 0.3 is 0 Å². The lowest BCUT2D eigenvalue weighted by atomic mass is 10.1. The number of morpholine rings is 1. The second-order valence-electron chi connectivity index (χ2n) is 7.82. The molecule has 1 aromatic heterocycles. The lowest BCUT2D eigenvalue weighted by molar-refractivity contribution is 0.122. The summed E-state index contributed by atoms with van der Waals surface area (Å²) < 4.78 is 5.44. The third kappa shape index (κ3) is 5.67. The molecule has 2 N–H and O–H groups in total. The van der Waals surface area contributed by atoms with Crippen LogP contribution in [0.1, 0.15) is 25.3 Å². The number of rotatable bonds is 6. The summed E-state index contributed by atoms with van der Waals surface area (Å²) in [5, 5.41) is 10.6. The third-order valence-corrected chi connectivity index (χ3v) is 6.66. The van der Waals surface area contributed by atoms with E-state index in [0.717, 1.165) is 64.7 Å². The number of nitrogens with one attached hydrogen (secondary N) is 2. The normalized spacial score (nSPS) is 18.5. The molecule has 0 spiro atoms. The van der Waals surface area contributed by atoms with Crippen molar-refractivity contribution in [3.05, 3.63) is 47.3 Å². The molecule has 4 rings (SSSR count). The molecule has 0 aliphatic carbocycles. The highest BCUT2D eigenvalue weighted by atomic mass is 32.1. The van der Waals surface area contributed by atoms with Gasteiger partial charge in [0.2, 0.25) is 0 Å². The molecule has 7 heteroatoms.